The maximum absolute atomic E-state index is 7.58. The smallest absolute Gasteiger partial charge is 0.129 e. The van der Waals surface area contributed by atoms with Crippen LogP contribution < -0.4 is 15.2 Å². The van der Waals surface area contributed by atoms with Gasteiger partial charge in [-0.25, -0.2) is 0 Å². The minimum atomic E-state index is -0.0140. The monoisotopic (exact) mass is 284 g/mol. The molecule has 4 heteroatoms. The lowest BCUT2D eigenvalue weighted by atomic mass is 10.1. The third-order valence-electron chi connectivity index (χ3n) is 3.44. The van der Waals surface area contributed by atoms with E-state index in [-0.39, 0.29) is 5.84 Å². The molecular weight excluding hydrogens is 264 g/mol. The van der Waals surface area contributed by atoms with Gasteiger partial charge in [0.25, 0.3) is 0 Å². The topological polar surface area (TPSA) is 68.3 Å². The van der Waals surface area contributed by atoms with Crippen LogP contribution in [0.4, 0.5) is 0 Å². The molecule has 0 saturated heterocycles. The summed E-state index contributed by atoms with van der Waals surface area (Å²) in [6.45, 7) is 4.55. The van der Waals surface area contributed by atoms with Gasteiger partial charge in [0.05, 0.1) is 12.7 Å². The van der Waals surface area contributed by atoms with Gasteiger partial charge in [0.1, 0.15) is 23.9 Å². The number of nitrogens with two attached hydrogens (primary N) is 1. The van der Waals surface area contributed by atoms with E-state index in [1.54, 1.807) is 13.2 Å². The van der Waals surface area contributed by atoms with Crippen molar-refractivity contribution in [3.63, 3.8) is 0 Å². The van der Waals surface area contributed by atoms with Crippen LogP contribution in [0, 0.1) is 19.3 Å². The van der Waals surface area contributed by atoms with Gasteiger partial charge in [-0.2, -0.15) is 0 Å². The lowest BCUT2D eigenvalue weighted by molar-refractivity contribution is 0.305. The van der Waals surface area contributed by atoms with Crippen LogP contribution in [0.25, 0.3) is 0 Å². The predicted octanol–water partition coefficient (Wildman–Crippen LogP) is 3.18. The Morgan fingerprint density at radius 3 is 2.48 bits per heavy atom. The molecule has 0 atom stereocenters. The van der Waals surface area contributed by atoms with E-state index in [1.807, 2.05) is 30.3 Å². The number of nitrogens with one attached hydrogen (secondary N) is 1. The van der Waals surface area contributed by atoms with E-state index in [2.05, 4.69) is 13.8 Å². The van der Waals surface area contributed by atoms with E-state index in [4.69, 9.17) is 20.6 Å². The van der Waals surface area contributed by atoms with Crippen LogP contribution in [0.15, 0.2) is 36.4 Å². The van der Waals surface area contributed by atoms with Crippen molar-refractivity contribution in [2.75, 3.05) is 7.11 Å². The Kier molecular flexibility index (Phi) is 4.48. The molecule has 2 aromatic carbocycles. The molecule has 0 bridgehead atoms. The van der Waals surface area contributed by atoms with E-state index in [9.17, 15) is 0 Å². The normalized spacial score (nSPS) is 10.2. The Morgan fingerprint density at radius 2 is 1.86 bits per heavy atom. The molecular formula is C17H20N2O2. The standard InChI is InChI=1S/C17H20N2O2/c1-11-4-6-14(8-12(11)2)21-10-13-5-7-16(20-3)15(9-13)17(18)19/h4-9H,10H2,1-3H3,(H3,18,19). The number of rotatable bonds is 5. The van der Waals surface area contributed by atoms with E-state index in [0.29, 0.717) is 17.9 Å². The summed E-state index contributed by atoms with van der Waals surface area (Å²) in [4.78, 5) is 0. The number of hydrogen-bond acceptors (Lipinski definition) is 3. The average molecular weight is 284 g/mol. The summed E-state index contributed by atoms with van der Waals surface area (Å²) in [5, 5.41) is 7.58. The van der Waals surface area contributed by atoms with Gasteiger partial charge in [0.15, 0.2) is 0 Å². The minimum Gasteiger partial charge on any atom is -0.496 e. The molecule has 0 aromatic heterocycles. The van der Waals surface area contributed by atoms with E-state index < -0.39 is 0 Å². The van der Waals surface area contributed by atoms with Crippen LogP contribution in [-0.4, -0.2) is 12.9 Å². The van der Waals surface area contributed by atoms with Crippen molar-refractivity contribution in [1.29, 1.82) is 5.41 Å². The fourth-order valence-corrected chi connectivity index (χ4v) is 2.03. The van der Waals surface area contributed by atoms with Gasteiger partial charge in [-0.05, 0) is 54.8 Å². The zero-order valence-corrected chi connectivity index (χ0v) is 12.6. The van der Waals surface area contributed by atoms with Crippen LogP contribution in [0.3, 0.4) is 0 Å². The molecule has 3 N–H and O–H groups in total. The molecule has 0 radical (unpaired) electrons. The lowest BCUT2D eigenvalue weighted by Crippen LogP contribution is -2.13. The van der Waals surface area contributed by atoms with Crippen LogP contribution in [-0.2, 0) is 6.61 Å². The number of hydrogen-bond donors (Lipinski definition) is 2. The molecule has 2 aromatic rings. The molecule has 0 fully saturated rings. The van der Waals surface area contributed by atoms with Gasteiger partial charge >= 0.3 is 0 Å². The number of nitrogen functional groups attached to an aromatic ring is 1. The van der Waals surface area contributed by atoms with Crippen LogP contribution in [0.5, 0.6) is 11.5 Å². The lowest BCUT2D eigenvalue weighted by Gasteiger charge is -2.11. The van der Waals surface area contributed by atoms with E-state index >= 15 is 0 Å². The molecule has 4 nitrogen and oxygen atoms in total. The fourth-order valence-electron chi connectivity index (χ4n) is 2.03. The van der Waals surface area contributed by atoms with Crippen molar-refractivity contribution in [3.05, 3.63) is 58.7 Å². The number of benzene rings is 2. The Labute approximate surface area is 125 Å². The zero-order valence-electron chi connectivity index (χ0n) is 12.6. The van der Waals surface area contributed by atoms with Crippen molar-refractivity contribution >= 4 is 5.84 Å². The summed E-state index contributed by atoms with van der Waals surface area (Å²) in [6, 6.07) is 11.5. The van der Waals surface area contributed by atoms with E-state index in [0.717, 1.165) is 11.3 Å². The zero-order chi connectivity index (χ0) is 15.4. The van der Waals surface area contributed by atoms with Crippen LogP contribution in [0.2, 0.25) is 0 Å². The first-order chi connectivity index (χ1) is 10.0. The molecule has 0 spiro atoms. The summed E-state index contributed by atoms with van der Waals surface area (Å²) in [5.74, 6) is 1.41. The summed E-state index contributed by atoms with van der Waals surface area (Å²) < 4.78 is 11.0. The van der Waals surface area contributed by atoms with Crippen molar-refractivity contribution in [1.82, 2.24) is 0 Å². The summed E-state index contributed by atoms with van der Waals surface area (Å²) in [5.41, 5.74) is 9.53. The van der Waals surface area contributed by atoms with Gasteiger partial charge in [0.2, 0.25) is 0 Å². The Balaban J connectivity index is 2.14. The fraction of sp³-hybridized carbons (Fsp3) is 0.235. The minimum absolute atomic E-state index is 0.0140. The summed E-state index contributed by atoms with van der Waals surface area (Å²) in [7, 11) is 1.56. The first-order valence-electron chi connectivity index (χ1n) is 6.72. The highest BCUT2D eigenvalue weighted by atomic mass is 16.5. The Hall–Kier alpha value is -2.49. The largest absolute Gasteiger partial charge is 0.496 e. The molecule has 110 valence electrons. The Bertz CT molecular complexity index is 666. The maximum Gasteiger partial charge on any atom is 0.129 e. The molecule has 0 aliphatic rings. The number of ether oxygens (including phenoxy) is 2. The molecule has 0 saturated carbocycles. The number of methoxy groups -OCH3 is 1. The highest BCUT2D eigenvalue weighted by Crippen LogP contribution is 2.21. The van der Waals surface area contributed by atoms with E-state index in [1.165, 1.54) is 11.1 Å². The quantitative estimate of drug-likeness (QED) is 0.654. The molecule has 0 aliphatic carbocycles. The van der Waals surface area contributed by atoms with Crippen molar-refractivity contribution < 1.29 is 9.47 Å². The number of amidine groups is 1. The third-order valence-corrected chi connectivity index (χ3v) is 3.44. The second-order valence-electron chi connectivity index (χ2n) is 4.98. The first-order valence-corrected chi connectivity index (χ1v) is 6.72. The first kappa shape index (κ1) is 14.9. The molecule has 21 heavy (non-hydrogen) atoms. The van der Waals surface area contributed by atoms with Crippen molar-refractivity contribution in [2.24, 2.45) is 5.73 Å². The highest BCUT2D eigenvalue weighted by molar-refractivity contribution is 5.97. The van der Waals surface area contributed by atoms with Gasteiger partial charge < -0.3 is 15.2 Å². The van der Waals surface area contributed by atoms with Gasteiger partial charge in [-0.15, -0.1) is 0 Å². The van der Waals surface area contributed by atoms with Crippen molar-refractivity contribution in [3.8, 4) is 11.5 Å². The molecule has 0 heterocycles. The second-order valence-corrected chi connectivity index (χ2v) is 4.98. The Morgan fingerprint density at radius 1 is 1.10 bits per heavy atom. The SMILES string of the molecule is COc1ccc(COc2ccc(C)c(C)c2)cc1C(=N)N. The summed E-state index contributed by atoms with van der Waals surface area (Å²) >= 11 is 0. The molecule has 0 unspecified atom stereocenters. The summed E-state index contributed by atoms with van der Waals surface area (Å²) in [6.07, 6.45) is 0. The number of aryl methyl sites for hydroxylation is 2. The molecule has 0 aliphatic heterocycles. The highest BCUT2D eigenvalue weighted by Gasteiger charge is 2.07. The van der Waals surface area contributed by atoms with Crippen LogP contribution >= 0.6 is 0 Å². The van der Waals surface area contributed by atoms with Gasteiger partial charge in [0, 0.05) is 0 Å². The third kappa shape index (κ3) is 3.54. The van der Waals surface area contributed by atoms with Crippen molar-refractivity contribution in [2.45, 2.75) is 20.5 Å². The molecule has 2 rings (SSSR count). The molecule has 0 amide bonds. The second kappa shape index (κ2) is 6.31. The average Bonchev–Trinajstić information content (AvgIpc) is 2.48. The van der Waals surface area contributed by atoms with Crippen LogP contribution in [0.1, 0.15) is 22.3 Å². The van der Waals surface area contributed by atoms with Gasteiger partial charge in [-0.3, -0.25) is 5.41 Å². The predicted molar refractivity (Wildman–Crippen MR) is 84.3 cm³/mol. The van der Waals surface area contributed by atoms with Gasteiger partial charge in [-0.1, -0.05) is 12.1 Å². The maximum atomic E-state index is 7.58.